The van der Waals surface area contributed by atoms with Crippen LogP contribution in [0.25, 0.3) is 0 Å². The smallest absolute Gasteiger partial charge is 0.319 e. The van der Waals surface area contributed by atoms with Crippen LogP contribution in [-0.2, 0) is 0 Å². The summed E-state index contributed by atoms with van der Waals surface area (Å²) in [5.41, 5.74) is 4.20. The Hall–Kier alpha value is -0.760. The Bertz CT molecular complexity index is 396. The summed E-state index contributed by atoms with van der Waals surface area (Å²) in [6.07, 6.45) is -5.79. The third-order valence-electron chi connectivity index (χ3n) is 2.01. The molecular formula is C9H6BrF6N. The second kappa shape index (κ2) is 4.49. The van der Waals surface area contributed by atoms with E-state index in [4.69, 9.17) is 5.73 Å². The number of hydrogen-bond acceptors (Lipinski definition) is 1. The summed E-state index contributed by atoms with van der Waals surface area (Å²) >= 11 is 2.78. The van der Waals surface area contributed by atoms with Crippen LogP contribution in [0.3, 0.4) is 0 Å². The summed E-state index contributed by atoms with van der Waals surface area (Å²) in [4.78, 5) is 0. The van der Waals surface area contributed by atoms with Gasteiger partial charge in [-0.3, -0.25) is 0 Å². The van der Waals surface area contributed by atoms with Crippen LogP contribution < -0.4 is 5.73 Å². The molecule has 1 atom stereocenters. The number of rotatable bonds is 2. The lowest BCUT2D eigenvalue weighted by Gasteiger charge is -2.26. The molecule has 1 rings (SSSR count). The first kappa shape index (κ1) is 14.3. The van der Waals surface area contributed by atoms with E-state index in [1.165, 1.54) is 0 Å². The van der Waals surface area contributed by atoms with Gasteiger partial charge in [-0.1, -0.05) is 15.9 Å². The molecule has 0 aliphatic rings. The highest BCUT2D eigenvalue weighted by molar-refractivity contribution is 9.10. The predicted molar refractivity (Wildman–Crippen MR) is 52.0 cm³/mol. The van der Waals surface area contributed by atoms with E-state index in [2.05, 4.69) is 15.9 Å². The molecule has 8 heteroatoms. The van der Waals surface area contributed by atoms with Gasteiger partial charge < -0.3 is 5.73 Å². The van der Waals surface area contributed by atoms with E-state index < -0.39 is 29.5 Å². The molecule has 2 N–H and O–H groups in total. The molecule has 1 nitrogen and oxygen atoms in total. The lowest BCUT2D eigenvalue weighted by atomic mass is 10.0. The maximum absolute atomic E-state index is 12.9. The Balaban J connectivity index is 3.16. The van der Waals surface area contributed by atoms with Gasteiger partial charge in [0.2, 0.25) is 0 Å². The Morgan fingerprint density at radius 3 is 2.00 bits per heavy atom. The van der Waals surface area contributed by atoms with Crippen LogP contribution >= 0.6 is 15.9 Å². The van der Waals surface area contributed by atoms with Gasteiger partial charge in [0.15, 0.2) is 0 Å². The summed E-state index contributed by atoms with van der Waals surface area (Å²) in [5, 5.41) is 0. The minimum Gasteiger partial charge on any atom is -0.319 e. The SMILES string of the molecule is N[C@H](c1cc(F)cc(Br)c1)C(F)(F)C(F)(F)F. The Morgan fingerprint density at radius 2 is 1.59 bits per heavy atom. The molecule has 0 radical (unpaired) electrons. The van der Waals surface area contributed by atoms with Crippen molar-refractivity contribution in [1.82, 2.24) is 0 Å². The van der Waals surface area contributed by atoms with Crippen molar-refractivity contribution in [3.63, 3.8) is 0 Å². The van der Waals surface area contributed by atoms with Gasteiger partial charge >= 0.3 is 12.1 Å². The first-order chi connectivity index (χ1) is 7.55. The van der Waals surface area contributed by atoms with Gasteiger partial charge in [-0.25, -0.2) is 4.39 Å². The standard InChI is InChI=1S/C9H6BrF6N/c10-5-1-4(2-6(11)3-5)7(17)8(12,13)9(14,15)16/h1-3,7H,17H2/t7-/m1/s1. The minimum atomic E-state index is -5.79. The fourth-order valence-corrected chi connectivity index (χ4v) is 1.62. The minimum absolute atomic E-state index is 0.0286. The molecule has 0 aliphatic carbocycles. The van der Waals surface area contributed by atoms with Gasteiger partial charge in [0.25, 0.3) is 0 Å². The van der Waals surface area contributed by atoms with E-state index >= 15 is 0 Å². The Morgan fingerprint density at radius 1 is 1.06 bits per heavy atom. The molecule has 1 aromatic carbocycles. The lowest BCUT2D eigenvalue weighted by molar-refractivity contribution is -0.291. The highest BCUT2D eigenvalue weighted by atomic mass is 79.9. The molecule has 1 aromatic rings. The lowest BCUT2D eigenvalue weighted by Crippen LogP contribution is -2.45. The Kier molecular flexibility index (Phi) is 3.78. The van der Waals surface area contributed by atoms with Crippen molar-refractivity contribution >= 4 is 15.9 Å². The largest absolute Gasteiger partial charge is 0.455 e. The van der Waals surface area contributed by atoms with E-state index in [0.29, 0.717) is 6.07 Å². The van der Waals surface area contributed by atoms with E-state index in [9.17, 15) is 26.3 Å². The van der Waals surface area contributed by atoms with Crippen molar-refractivity contribution in [2.45, 2.75) is 18.1 Å². The van der Waals surface area contributed by atoms with Crippen molar-refractivity contribution in [1.29, 1.82) is 0 Å². The van der Waals surface area contributed by atoms with E-state index in [1.54, 1.807) is 0 Å². The molecule has 0 spiro atoms. The zero-order chi connectivity index (χ0) is 13.4. The predicted octanol–water partition coefficient (Wildman–Crippen LogP) is 3.79. The second-order valence-corrected chi connectivity index (χ2v) is 4.22. The van der Waals surface area contributed by atoms with Crippen LogP contribution in [0.4, 0.5) is 26.3 Å². The zero-order valence-corrected chi connectivity index (χ0v) is 9.62. The number of nitrogens with two attached hydrogens (primary N) is 1. The van der Waals surface area contributed by atoms with E-state index in [1.807, 2.05) is 0 Å². The van der Waals surface area contributed by atoms with Gasteiger partial charge in [0.05, 0.1) is 0 Å². The summed E-state index contributed by atoms with van der Waals surface area (Å²) in [6.45, 7) is 0. The third kappa shape index (κ3) is 2.92. The summed E-state index contributed by atoms with van der Waals surface area (Å²) in [7, 11) is 0. The highest BCUT2D eigenvalue weighted by Gasteiger charge is 2.61. The molecule has 0 fully saturated rings. The molecule has 0 aliphatic heterocycles. The van der Waals surface area contributed by atoms with Gasteiger partial charge in [-0.2, -0.15) is 22.0 Å². The molecular weight excluding hydrogens is 316 g/mol. The van der Waals surface area contributed by atoms with Crippen LogP contribution in [0.1, 0.15) is 11.6 Å². The van der Waals surface area contributed by atoms with Crippen LogP contribution in [0.5, 0.6) is 0 Å². The topological polar surface area (TPSA) is 26.0 Å². The monoisotopic (exact) mass is 321 g/mol. The number of benzene rings is 1. The zero-order valence-electron chi connectivity index (χ0n) is 8.03. The van der Waals surface area contributed by atoms with Gasteiger partial charge in [-0.05, 0) is 23.8 Å². The van der Waals surface area contributed by atoms with Crippen LogP contribution in [0.2, 0.25) is 0 Å². The molecule has 0 heterocycles. The molecule has 0 unspecified atom stereocenters. The normalized spacial score (nSPS) is 14.8. The van der Waals surface area contributed by atoms with Crippen molar-refractivity contribution in [2.75, 3.05) is 0 Å². The van der Waals surface area contributed by atoms with E-state index in [0.717, 1.165) is 12.1 Å². The molecule has 0 saturated carbocycles. The second-order valence-electron chi connectivity index (χ2n) is 3.30. The summed E-state index contributed by atoms with van der Waals surface area (Å²) < 4.78 is 74.8. The first-order valence-corrected chi connectivity index (χ1v) is 5.01. The molecule has 0 aromatic heterocycles. The average Bonchev–Trinajstić information content (AvgIpc) is 2.13. The fourth-order valence-electron chi connectivity index (χ4n) is 1.14. The van der Waals surface area contributed by atoms with E-state index in [-0.39, 0.29) is 4.47 Å². The molecule has 96 valence electrons. The van der Waals surface area contributed by atoms with Crippen molar-refractivity contribution in [3.05, 3.63) is 34.1 Å². The van der Waals surface area contributed by atoms with Crippen molar-refractivity contribution in [2.24, 2.45) is 5.73 Å². The average molecular weight is 322 g/mol. The maximum Gasteiger partial charge on any atom is 0.455 e. The van der Waals surface area contributed by atoms with Crippen LogP contribution in [0, 0.1) is 5.82 Å². The van der Waals surface area contributed by atoms with Gasteiger partial charge in [0, 0.05) is 4.47 Å². The number of alkyl halides is 5. The number of halogens is 7. The Labute approximate surface area is 101 Å². The van der Waals surface area contributed by atoms with Gasteiger partial charge in [-0.15, -0.1) is 0 Å². The first-order valence-electron chi connectivity index (χ1n) is 4.22. The molecule has 0 bridgehead atoms. The summed E-state index contributed by atoms with van der Waals surface area (Å²) in [6, 6.07) is -0.292. The van der Waals surface area contributed by atoms with Crippen LogP contribution in [-0.4, -0.2) is 12.1 Å². The number of hydrogen-bond donors (Lipinski definition) is 1. The molecule has 0 saturated heterocycles. The van der Waals surface area contributed by atoms with Crippen LogP contribution in [0.15, 0.2) is 22.7 Å². The molecule has 0 amide bonds. The van der Waals surface area contributed by atoms with Gasteiger partial charge in [0.1, 0.15) is 11.9 Å². The fraction of sp³-hybridized carbons (Fsp3) is 0.333. The quantitative estimate of drug-likeness (QED) is 0.824. The summed E-state index contributed by atoms with van der Waals surface area (Å²) in [5.74, 6) is -6.08. The highest BCUT2D eigenvalue weighted by Crippen LogP contribution is 2.43. The third-order valence-corrected chi connectivity index (χ3v) is 2.47. The maximum atomic E-state index is 12.9. The van der Waals surface area contributed by atoms with Crippen molar-refractivity contribution < 1.29 is 26.3 Å². The van der Waals surface area contributed by atoms with Crippen molar-refractivity contribution in [3.8, 4) is 0 Å². The molecule has 17 heavy (non-hydrogen) atoms.